The van der Waals surface area contributed by atoms with Crippen LogP contribution in [-0.2, 0) is 17.0 Å². The van der Waals surface area contributed by atoms with Gasteiger partial charge in [-0.1, -0.05) is 23.0 Å². The van der Waals surface area contributed by atoms with E-state index in [4.69, 9.17) is 14.0 Å². The van der Waals surface area contributed by atoms with Gasteiger partial charge in [-0.05, 0) is 48.6 Å². The summed E-state index contributed by atoms with van der Waals surface area (Å²) in [4.78, 5) is 1.11. The lowest BCUT2D eigenvalue weighted by Crippen LogP contribution is -2.16. The van der Waals surface area contributed by atoms with Crippen LogP contribution >= 0.6 is 23.1 Å². The van der Waals surface area contributed by atoms with Crippen molar-refractivity contribution in [1.82, 2.24) is 19.9 Å². The summed E-state index contributed by atoms with van der Waals surface area (Å²) in [6.07, 6.45) is 2.39. The summed E-state index contributed by atoms with van der Waals surface area (Å²) < 4.78 is 18.8. The molecule has 1 aromatic carbocycles. The number of methoxy groups -OCH3 is 1. The Morgan fingerprint density at radius 2 is 2.13 bits per heavy atom. The van der Waals surface area contributed by atoms with Gasteiger partial charge in [-0.15, -0.1) is 21.5 Å². The van der Waals surface area contributed by atoms with Crippen molar-refractivity contribution in [3.8, 4) is 27.7 Å². The van der Waals surface area contributed by atoms with Crippen LogP contribution in [0.1, 0.15) is 18.6 Å². The summed E-state index contributed by atoms with van der Waals surface area (Å²) in [5.74, 6) is 3.12. The molecular weight excluding hydrogens is 432 g/mol. The Bertz CT molecular complexity index is 1120. The molecule has 1 aliphatic rings. The van der Waals surface area contributed by atoms with Gasteiger partial charge >= 0.3 is 0 Å². The number of thioether (sulfide) groups is 1. The van der Waals surface area contributed by atoms with Crippen molar-refractivity contribution < 1.29 is 14.0 Å². The van der Waals surface area contributed by atoms with Crippen molar-refractivity contribution in [3.63, 3.8) is 0 Å². The predicted octanol–water partition coefficient (Wildman–Crippen LogP) is 5.14. The topological polar surface area (TPSA) is 75.2 Å². The molecule has 160 valence electrons. The zero-order chi connectivity index (χ0) is 21.0. The zero-order valence-electron chi connectivity index (χ0n) is 17.1. The van der Waals surface area contributed by atoms with E-state index in [9.17, 15) is 0 Å². The second-order valence-corrected chi connectivity index (χ2v) is 9.11. The van der Waals surface area contributed by atoms with Gasteiger partial charge in [0.1, 0.15) is 17.2 Å². The van der Waals surface area contributed by atoms with Crippen LogP contribution in [-0.4, -0.2) is 39.7 Å². The van der Waals surface area contributed by atoms with Gasteiger partial charge in [-0.3, -0.25) is 4.57 Å². The monoisotopic (exact) mass is 454 g/mol. The average molecular weight is 455 g/mol. The quantitative estimate of drug-likeness (QED) is 0.341. The summed E-state index contributed by atoms with van der Waals surface area (Å²) in [5, 5.41) is 16.1. The van der Waals surface area contributed by atoms with Crippen LogP contribution in [0, 0.1) is 0 Å². The van der Waals surface area contributed by atoms with Crippen LogP contribution in [0.5, 0.6) is 5.75 Å². The van der Waals surface area contributed by atoms with Gasteiger partial charge in [0.05, 0.1) is 30.4 Å². The van der Waals surface area contributed by atoms with Crippen molar-refractivity contribution >= 4 is 23.1 Å². The first-order valence-corrected chi connectivity index (χ1v) is 12.0. The minimum Gasteiger partial charge on any atom is -0.497 e. The minimum absolute atomic E-state index is 0.209. The maximum atomic E-state index is 5.87. The molecule has 5 rings (SSSR count). The molecule has 1 atom stereocenters. The van der Waals surface area contributed by atoms with E-state index in [1.807, 2.05) is 36.4 Å². The van der Waals surface area contributed by atoms with E-state index in [1.54, 1.807) is 30.2 Å². The van der Waals surface area contributed by atoms with Crippen molar-refractivity contribution in [1.29, 1.82) is 0 Å². The first-order chi connectivity index (χ1) is 15.3. The number of thiophene rings is 1. The van der Waals surface area contributed by atoms with Crippen LogP contribution < -0.4 is 4.74 Å². The Balaban J connectivity index is 1.32. The van der Waals surface area contributed by atoms with E-state index in [2.05, 4.69) is 31.4 Å². The predicted molar refractivity (Wildman–Crippen MR) is 120 cm³/mol. The molecule has 0 saturated carbocycles. The maximum absolute atomic E-state index is 5.87. The second kappa shape index (κ2) is 9.25. The van der Waals surface area contributed by atoms with Crippen LogP contribution in [0.4, 0.5) is 0 Å². The Labute approximate surface area is 188 Å². The molecule has 0 unspecified atom stereocenters. The maximum Gasteiger partial charge on any atom is 0.192 e. The number of hydrogen-bond donors (Lipinski definition) is 0. The highest BCUT2D eigenvalue weighted by Crippen LogP contribution is 2.31. The van der Waals surface area contributed by atoms with Crippen molar-refractivity contribution in [2.45, 2.75) is 36.4 Å². The smallest absolute Gasteiger partial charge is 0.192 e. The highest BCUT2D eigenvalue weighted by molar-refractivity contribution is 7.98. The molecule has 4 heterocycles. The van der Waals surface area contributed by atoms with Gasteiger partial charge in [-0.25, -0.2) is 0 Å². The standard InChI is InChI=1S/C22H22N4O3S2/c1-27-16-8-6-15(7-9-16)19-12-18(29-25-19)14-31-22-24-23-21(20-5-3-11-30-20)26(22)13-17-4-2-10-28-17/h3,5-9,11-12,17H,2,4,10,13-14H2,1H3/t17-/m0/s1. The Morgan fingerprint density at radius 1 is 1.23 bits per heavy atom. The highest BCUT2D eigenvalue weighted by atomic mass is 32.2. The Hall–Kier alpha value is -2.62. The molecule has 0 N–H and O–H groups in total. The van der Waals surface area contributed by atoms with Crippen LogP contribution in [0.25, 0.3) is 22.0 Å². The number of nitrogens with zero attached hydrogens (tertiary/aromatic N) is 4. The zero-order valence-corrected chi connectivity index (χ0v) is 18.7. The lowest BCUT2D eigenvalue weighted by atomic mass is 10.1. The summed E-state index contributed by atoms with van der Waals surface area (Å²) >= 11 is 3.27. The van der Waals surface area contributed by atoms with E-state index >= 15 is 0 Å². The number of rotatable bonds is 8. The number of hydrogen-bond acceptors (Lipinski definition) is 8. The molecule has 31 heavy (non-hydrogen) atoms. The van der Waals surface area contributed by atoms with Gasteiger partial charge in [0.25, 0.3) is 0 Å². The molecule has 3 aromatic heterocycles. The first kappa shape index (κ1) is 20.3. The van der Waals surface area contributed by atoms with Crippen LogP contribution in [0.15, 0.2) is 57.5 Å². The molecule has 4 aromatic rings. The second-order valence-electron chi connectivity index (χ2n) is 7.22. The van der Waals surface area contributed by atoms with E-state index in [-0.39, 0.29) is 6.10 Å². The third-order valence-electron chi connectivity index (χ3n) is 5.16. The van der Waals surface area contributed by atoms with E-state index in [0.29, 0.717) is 5.75 Å². The normalized spacial score (nSPS) is 16.1. The van der Waals surface area contributed by atoms with Gasteiger partial charge in [0.2, 0.25) is 0 Å². The summed E-state index contributed by atoms with van der Waals surface area (Å²) in [5.41, 5.74) is 1.79. The van der Waals surface area contributed by atoms with Crippen molar-refractivity contribution in [2.24, 2.45) is 0 Å². The number of ether oxygens (including phenoxy) is 2. The van der Waals surface area contributed by atoms with Gasteiger partial charge in [0, 0.05) is 18.2 Å². The molecule has 0 radical (unpaired) electrons. The number of benzene rings is 1. The van der Waals surface area contributed by atoms with E-state index in [0.717, 1.165) is 64.6 Å². The Kier molecular flexibility index (Phi) is 6.06. The molecule has 9 heteroatoms. The average Bonchev–Trinajstić information content (AvgIpc) is 3.61. The SMILES string of the molecule is COc1ccc(-c2cc(CSc3nnc(-c4cccs4)n3C[C@@H]3CCCO3)on2)cc1. The summed E-state index contributed by atoms with van der Waals surface area (Å²) in [7, 11) is 1.65. The highest BCUT2D eigenvalue weighted by Gasteiger charge is 2.22. The first-order valence-electron chi connectivity index (χ1n) is 10.1. The van der Waals surface area contributed by atoms with Gasteiger partial charge < -0.3 is 14.0 Å². The molecular formula is C22H22N4O3S2. The van der Waals surface area contributed by atoms with Crippen molar-refractivity contribution in [3.05, 3.63) is 53.6 Å². The molecule has 0 spiro atoms. The van der Waals surface area contributed by atoms with Gasteiger partial charge in [0.15, 0.2) is 11.0 Å². The van der Waals surface area contributed by atoms with Crippen LogP contribution in [0.2, 0.25) is 0 Å². The fraction of sp³-hybridized carbons (Fsp3) is 0.318. The molecule has 1 aliphatic heterocycles. The van der Waals surface area contributed by atoms with Crippen molar-refractivity contribution in [2.75, 3.05) is 13.7 Å². The van der Waals surface area contributed by atoms with Gasteiger partial charge in [-0.2, -0.15) is 0 Å². The van der Waals surface area contributed by atoms with E-state index in [1.165, 1.54) is 0 Å². The Morgan fingerprint density at radius 3 is 2.87 bits per heavy atom. The fourth-order valence-corrected chi connectivity index (χ4v) is 5.09. The summed E-state index contributed by atoms with van der Waals surface area (Å²) in [6.45, 7) is 1.59. The third-order valence-corrected chi connectivity index (χ3v) is 7.01. The molecule has 1 fully saturated rings. The molecule has 0 bridgehead atoms. The summed E-state index contributed by atoms with van der Waals surface area (Å²) in [6, 6.07) is 13.9. The third kappa shape index (κ3) is 4.53. The number of aromatic nitrogens is 4. The fourth-order valence-electron chi connectivity index (χ4n) is 3.55. The minimum atomic E-state index is 0.209. The molecule has 7 nitrogen and oxygen atoms in total. The lowest BCUT2D eigenvalue weighted by Gasteiger charge is -2.13. The van der Waals surface area contributed by atoms with Crippen LogP contribution in [0.3, 0.4) is 0 Å². The molecule has 0 amide bonds. The van der Waals surface area contributed by atoms with E-state index < -0.39 is 0 Å². The lowest BCUT2D eigenvalue weighted by molar-refractivity contribution is 0.0953. The molecule has 0 aliphatic carbocycles. The largest absolute Gasteiger partial charge is 0.497 e. The molecule has 1 saturated heterocycles.